The third-order valence-corrected chi connectivity index (χ3v) is 3.77. The number of ether oxygens (including phenoxy) is 1. The molecule has 17 heavy (non-hydrogen) atoms. The Morgan fingerprint density at radius 2 is 1.82 bits per heavy atom. The van der Waals surface area contributed by atoms with Crippen LogP contribution in [-0.2, 0) is 4.74 Å². The van der Waals surface area contributed by atoms with E-state index in [9.17, 15) is 5.11 Å². The highest BCUT2D eigenvalue weighted by atomic mass is 16.6. The van der Waals surface area contributed by atoms with Crippen LogP contribution in [-0.4, -0.2) is 40.0 Å². The smallest absolute Gasteiger partial charge is 0.174 e. The van der Waals surface area contributed by atoms with Crippen LogP contribution in [0.5, 0.6) is 0 Å². The lowest BCUT2D eigenvalue weighted by Crippen LogP contribution is -2.62. The summed E-state index contributed by atoms with van der Waals surface area (Å²) < 4.78 is 5.62. The quantitative estimate of drug-likeness (QED) is 0.606. The van der Waals surface area contributed by atoms with Crippen molar-refractivity contribution in [2.75, 3.05) is 6.54 Å². The first-order chi connectivity index (χ1) is 7.73. The second-order valence-electron chi connectivity index (χ2n) is 6.16. The molecule has 0 radical (unpaired) electrons. The Hall–Kier alpha value is -0.380. The van der Waals surface area contributed by atoms with E-state index >= 15 is 0 Å². The van der Waals surface area contributed by atoms with Gasteiger partial charge in [0.05, 0.1) is 6.10 Å². The summed E-state index contributed by atoms with van der Waals surface area (Å²) in [6.45, 7) is 15.8. The van der Waals surface area contributed by atoms with Crippen molar-refractivity contribution in [2.45, 2.75) is 70.9 Å². The molecule has 0 spiro atoms. The molecule has 0 amide bonds. The fourth-order valence-electron chi connectivity index (χ4n) is 3.43. The van der Waals surface area contributed by atoms with Gasteiger partial charge in [-0.3, -0.25) is 4.90 Å². The van der Waals surface area contributed by atoms with Gasteiger partial charge in [-0.25, -0.2) is 0 Å². The van der Waals surface area contributed by atoms with Gasteiger partial charge in [0, 0.05) is 11.1 Å². The van der Waals surface area contributed by atoms with E-state index in [1.807, 2.05) is 0 Å². The molecule has 1 aliphatic rings. The molecule has 1 unspecified atom stereocenters. The summed E-state index contributed by atoms with van der Waals surface area (Å²) in [5.74, 6) is 0. The fraction of sp³-hybridized carbons (Fsp3) is 0.857. The molecule has 0 saturated carbocycles. The van der Waals surface area contributed by atoms with E-state index in [0.717, 1.165) is 19.4 Å². The van der Waals surface area contributed by atoms with Crippen LogP contribution < -0.4 is 0 Å². The first-order valence-electron chi connectivity index (χ1n) is 6.47. The maximum absolute atomic E-state index is 9.52. The maximum Gasteiger partial charge on any atom is 0.174 e. The monoisotopic (exact) mass is 241 g/mol. The number of likely N-dealkylation sites (tertiary alicyclic amines) is 1. The zero-order valence-electron chi connectivity index (χ0n) is 11.9. The van der Waals surface area contributed by atoms with Crippen molar-refractivity contribution < 1.29 is 9.84 Å². The lowest BCUT2D eigenvalue weighted by Gasteiger charge is -2.55. The Labute approximate surface area is 105 Å². The lowest BCUT2D eigenvalue weighted by atomic mass is 9.78. The van der Waals surface area contributed by atoms with E-state index in [1.54, 1.807) is 0 Å². The van der Waals surface area contributed by atoms with E-state index in [-0.39, 0.29) is 17.2 Å². The van der Waals surface area contributed by atoms with E-state index in [2.05, 4.69) is 46.1 Å². The molecule has 3 nitrogen and oxygen atoms in total. The average molecular weight is 241 g/mol. The topological polar surface area (TPSA) is 32.7 Å². The Bertz CT molecular complexity index is 255. The van der Waals surface area contributed by atoms with Gasteiger partial charge in [0.25, 0.3) is 0 Å². The predicted octanol–water partition coefficient (Wildman–Crippen LogP) is 2.55. The molecule has 0 bridgehead atoms. The van der Waals surface area contributed by atoms with E-state index < -0.39 is 6.29 Å². The van der Waals surface area contributed by atoms with Gasteiger partial charge in [0.2, 0.25) is 0 Å². The largest absolute Gasteiger partial charge is 0.365 e. The van der Waals surface area contributed by atoms with E-state index in [4.69, 9.17) is 4.74 Å². The molecule has 0 aromatic carbocycles. The molecular formula is C14H27NO2. The van der Waals surface area contributed by atoms with Gasteiger partial charge in [-0.1, -0.05) is 13.5 Å². The summed E-state index contributed by atoms with van der Waals surface area (Å²) in [5.41, 5.74) is 0.199. The van der Waals surface area contributed by atoms with Crippen LogP contribution in [0.4, 0.5) is 0 Å². The highest BCUT2D eigenvalue weighted by Crippen LogP contribution is 2.39. The van der Waals surface area contributed by atoms with Crippen LogP contribution in [0.15, 0.2) is 12.7 Å². The summed E-state index contributed by atoms with van der Waals surface area (Å²) in [6, 6.07) is 0. The van der Waals surface area contributed by atoms with Gasteiger partial charge >= 0.3 is 0 Å². The number of aliphatic hydroxyl groups excluding tert-OH is 1. The molecule has 3 heteroatoms. The number of hydrogen-bond donors (Lipinski definition) is 1. The Balaban J connectivity index is 2.80. The molecule has 0 aliphatic carbocycles. The SMILES string of the molecule is C=CC(O)OC1CC(C)(C)N(CC)C(C)(C)C1. The molecule has 1 fully saturated rings. The predicted molar refractivity (Wildman–Crippen MR) is 70.8 cm³/mol. The second-order valence-corrected chi connectivity index (χ2v) is 6.16. The van der Waals surface area contributed by atoms with Crippen molar-refractivity contribution in [2.24, 2.45) is 0 Å². The molecule has 1 rings (SSSR count). The van der Waals surface area contributed by atoms with Crippen LogP contribution >= 0.6 is 0 Å². The van der Waals surface area contributed by atoms with Crippen molar-refractivity contribution in [3.05, 3.63) is 12.7 Å². The third kappa shape index (κ3) is 3.30. The van der Waals surface area contributed by atoms with E-state index in [0.29, 0.717) is 0 Å². The first kappa shape index (κ1) is 14.7. The summed E-state index contributed by atoms with van der Waals surface area (Å²) in [5, 5.41) is 9.52. The molecular weight excluding hydrogens is 214 g/mol. The van der Waals surface area contributed by atoms with Crippen LogP contribution in [0.3, 0.4) is 0 Å². The molecule has 1 saturated heterocycles. The molecule has 0 aromatic rings. The molecule has 1 heterocycles. The molecule has 100 valence electrons. The third-order valence-electron chi connectivity index (χ3n) is 3.77. The fourth-order valence-corrected chi connectivity index (χ4v) is 3.43. The number of piperidine rings is 1. The zero-order chi connectivity index (χ0) is 13.3. The number of aliphatic hydroxyl groups is 1. The van der Waals surface area contributed by atoms with Crippen LogP contribution in [0.2, 0.25) is 0 Å². The van der Waals surface area contributed by atoms with Crippen molar-refractivity contribution in [3.63, 3.8) is 0 Å². The van der Waals surface area contributed by atoms with Crippen molar-refractivity contribution >= 4 is 0 Å². The minimum Gasteiger partial charge on any atom is -0.365 e. The Kier molecular flexibility index (Phi) is 4.39. The number of nitrogens with zero attached hydrogens (tertiary/aromatic N) is 1. The first-order valence-corrected chi connectivity index (χ1v) is 6.47. The van der Waals surface area contributed by atoms with E-state index in [1.165, 1.54) is 6.08 Å². The molecule has 1 atom stereocenters. The summed E-state index contributed by atoms with van der Waals surface area (Å²) in [7, 11) is 0. The van der Waals surface area contributed by atoms with Gasteiger partial charge in [0.1, 0.15) is 0 Å². The highest BCUT2D eigenvalue weighted by Gasteiger charge is 2.45. The molecule has 1 aliphatic heterocycles. The average Bonchev–Trinajstić information content (AvgIpc) is 2.14. The van der Waals surface area contributed by atoms with Gasteiger partial charge in [-0.05, 0) is 53.2 Å². The number of rotatable bonds is 4. The van der Waals surface area contributed by atoms with Gasteiger partial charge < -0.3 is 9.84 Å². The summed E-state index contributed by atoms with van der Waals surface area (Å²) in [6.07, 6.45) is 2.56. The second kappa shape index (κ2) is 5.09. The summed E-state index contributed by atoms with van der Waals surface area (Å²) in [4.78, 5) is 2.51. The summed E-state index contributed by atoms with van der Waals surface area (Å²) >= 11 is 0. The zero-order valence-corrected chi connectivity index (χ0v) is 11.9. The minimum atomic E-state index is -0.847. The van der Waals surface area contributed by atoms with Crippen molar-refractivity contribution in [1.82, 2.24) is 4.90 Å². The standard InChI is InChI=1S/C14H27NO2/c1-7-12(16)17-11-9-13(3,4)15(8-2)14(5,6)10-11/h7,11-12,16H,1,8-10H2,2-6H3. The number of hydrogen-bond acceptors (Lipinski definition) is 3. The lowest BCUT2D eigenvalue weighted by molar-refractivity contribution is -0.161. The maximum atomic E-state index is 9.52. The van der Waals surface area contributed by atoms with Crippen LogP contribution in [0, 0.1) is 0 Å². The Morgan fingerprint density at radius 3 is 2.18 bits per heavy atom. The Morgan fingerprint density at radius 1 is 1.35 bits per heavy atom. The highest BCUT2D eigenvalue weighted by molar-refractivity contribution is 5.00. The van der Waals surface area contributed by atoms with Gasteiger partial charge in [-0.2, -0.15) is 0 Å². The van der Waals surface area contributed by atoms with Gasteiger partial charge in [0.15, 0.2) is 6.29 Å². The van der Waals surface area contributed by atoms with Gasteiger partial charge in [-0.15, -0.1) is 0 Å². The minimum absolute atomic E-state index is 0.0933. The van der Waals surface area contributed by atoms with Crippen LogP contribution in [0.25, 0.3) is 0 Å². The normalized spacial score (nSPS) is 26.7. The molecule has 0 aromatic heterocycles. The van der Waals surface area contributed by atoms with Crippen LogP contribution in [0.1, 0.15) is 47.5 Å². The molecule has 1 N–H and O–H groups in total. The van der Waals surface area contributed by atoms with Crippen molar-refractivity contribution in [3.8, 4) is 0 Å². The van der Waals surface area contributed by atoms with Crippen molar-refractivity contribution in [1.29, 1.82) is 0 Å².